The number of aromatic nitrogens is 1. The Labute approximate surface area is 435 Å². The molecule has 2 aromatic carbocycles. The van der Waals surface area contributed by atoms with Gasteiger partial charge in [-0.15, -0.1) is 23.7 Å². The Hall–Kier alpha value is -5.60. The lowest BCUT2D eigenvalue weighted by atomic mass is 9.85. The number of carbonyl (C=O) groups excluding carboxylic acids is 7. The van der Waals surface area contributed by atoms with Crippen molar-refractivity contribution in [2.45, 2.75) is 141 Å². The van der Waals surface area contributed by atoms with E-state index in [4.69, 9.17) is 27.8 Å². The number of likely N-dealkylation sites (tertiary alicyclic amines) is 1. The van der Waals surface area contributed by atoms with Crippen LogP contribution in [0.3, 0.4) is 0 Å². The van der Waals surface area contributed by atoms with Gasteiger partial charge < -0.3 is 46.6 Å². The normalized spacial score (nSPS) is 21.2. The lowest BCUT2D eigenvalue weighted by molar-refractivity contribution is -0.144. The first-order valence-corrected chi connectivity index (χ1v) is 25.5. The lowest BCUT2D eigenvalue weighted by Crippen LogP contribution is -2.59. The fraction of sp³-hybridized carbons (Fsp3) is 0.529. The molecule has 3 fully saturated rings. The summed E-state index contributed by atoms with van der Waals surface area (Å²) in [6.07, 6.45) is 3.92. The number of amides is 7. The molecule has 1 aliphatic carbocycles. The molecule has 7 N–H and O–H groups in total. The second kappa shape index (κ2) is 23.5. The lowest BCUT2D eigenvalue weighted by Gasteiger charge is -2.41. The van der Waals surface area contributed by atoms with Crippen LogP contribution < -0.4 is 26.8 Å². The summed E-state index contributed by atoms with van der Waals surface area (Å²) in [4.78, 5) is 104. The fourth-order valence-electron chi connectivity index (χ4n) is 9.84. The zero-order chi connectivity index (χ0) is 51.4. The van der Waals surface area contributed by atoms with E-state index in [1.807, 2.05) is 63.5 Å². The van der Waals surface area contributed by atoms with Gasteiger partial charge in [-0.1, -0.05) is 74.8 Å². The Kier molecular flexibility index (Phi) is 18.2. The molecule has 72 heavy (non-hydrogen) atoms. The van der Waals surface area contributed by atoms with Gasteiger partial charge in [0.2, 0.25) is 41.9 Å². The molecule has 0 unspecified atom stereocenters. The molecule has 21 heteroatoms. The average molecular weight is 1050 g/mol. The summed E-state index contributed by atoms with van der Waals surface area (Å²) in [7, 11) is 0. The van der Waals surface area contributed by atoms with Gasteiger partial charge in [-0.25, -0.2) is 4.98 Å². The van der Waals surface area contributed by atoms with Gasteiger partial charge in [0.25, 0.3) is 0 Å². The summed E-state index contributed by atoms with van der Waals surface area (Å²) >= 11 is 8.47. The number of nitrogens with one attached hydrogen (secondary N) is 2. The number of aliphatic hydroxyl groups excluding tert-OH is 1. The molecule has 1 aromatic heterocycles. The third-order valence-electron chi connectivity index (χ3n) is 14.0. The quantitative estimate of drug-likeness (QED) is 0.106. The molecular weight excluding hydrogens is 986 g/mol. The Balaban J connectivity index is 0.00000847. The van der Waals surface area contributed by atoms with Crippen molar-refractivity contribution in [2.75, 3.05) is 26.2 Å². The smallest absolute Gasteiger partial charge is 0.247 e. The van der Waals surface area contributed by atoms with Crippen LogP contribution in [-0.2, 0) is 45.5 Å². The topological polar surface area (TPSA) is 251 Å². The number of aliphatic hydroxyl groups is 1. The van der Waals surface area contributed by atoms with Crippen LogP contribution in [0.5, 0.6) is 5.75 Å². The zero-order valence-electron chi connectivity index (χ0n) is 41.4. The molecule has 1 saturated carbocycles. The summed E-state index contributed by atoms with van der Waals surface area (Å²) in [6.45, 7) is 9.16. The number of nitrogens with zero attached hydrogens (tertiary/aromatic N) is 5. The summed E-state index contributed by atoms with van der Waals surface area (Å²) in [6, 6.07) is 9.68. The van der Waals surface area contributed by atoms with Crippen molar-refractivity contribution in [2.24, 2.45) is 16.9 Å². The Morgan fingerprint density at radius 2 is 1.82 bits per heavy atom. The number of thiazole rings is 1. The Morgan fingerprint density at radius 3 is 2.44 bits per heavy atom. The van der Waals surface area contributed by atoms with E-state index in [0.717, 1.165) is 34.5 Å². The Bertz CT molecular complexity index is 2530. The van der Waals surface area contributed by atoms with Gasteiger partial charge in [0.1, 0.15) is 36.6 Å². The number of carbonyl (C=O) groups is 7. The standard InChI is InChI=1S/C51H66ClN9O9S.ClH/c1-30-45(71-28-55-30)33-12-14-34(15-13-33)51(21-22-51)57-47(67)39-24-37(64)25-59(39)49(69)46(50(3,4)5)56-42(66)11-7-9-32-8-6-10-40(44(32)52)70-27-36(16-18-41(54)65)60(29-62)43-19-17-35-20-23-58(31(2)63)26-38(53)48(68)61(35)43;/h6,8,10,12-15,17,28-29,36-39,43,46,64H,7,9,11,16,18-27,53H2,1-5H3,(H2,54,65)(H,56,66)(H,57,67);1H/t36-,37+,38-,39-,43-,46+;/m0./s1. The number of nitrogens with two attached hydrogens (primary N) is 2. The minimum Gasteiger partial charge on any atom is -0.490 e. The highest BCUT2D eigenvalue weighted by Gasteiger charge is 2.50. The maximum absolute atomic E-state index is 14.4. The number of hydrogen-bond donors (Lipinski definition) is 5. The highest BCUT2D eigenvalue weighted by Crippen LogP contribution is 2.46. The summed E-state index contributed by atoms with van der Waals surface area (Å²) in [5.74, 6) is -2.07. The van der Waals surface area contributed by atoms with E-state index >= 15 is 0 Å². The largest absolute Gasteiger partial charge is 0.490 e. The van der Waals surface area contributed by atoms with Gasteiger partial charge in [-0.3, -0.25) is 38.5 Å². The van der Waals surface area contributed by atoms with Crippen LogP contribution in [-0.4, -0.2) is 134 Å². The van der Waals surface area contributed by atoms with Crippen LogP contribution >= 0.6 is 35.3 Å². The van der Waals surface area contributed by atoms with Crippen molar-refractivity contribution in [1.82, 2.24) is 35.2 Å². The fourth-order valence-corrected chi connectivity index (χ4v) is 10.9. The number of primary amides is 1. The average Bonchev–Trinajstić information content (AvgIpc) is 3.56. The summed E-state index contributed by atoms with van der Waals surface area (Å²) in [5.41, 5.74) is 16.6. The molecule has 4 aliphatic rings. The van der Waals surface area contributed by atoms with E-state index in [2.05, 4.69) is 15.6 Å². The molecular formula is C51H67Cl2N9O9S. The predicted octanol–water partition coefficient (Wildman–Crippen LogP) is 4.31. The van der Waals surface area contributed by atoms with E-state index in [-0.39, 0.29) is 75.5 Å². The van der Waals surface area contributed by atoms with E-state index in [1.165, 1.54) is 26.5 Å². The molecule has 7 rings (SSSR count). The van der Waals surface area contributed by atoms with Crippen LogP contribution in [0.15, 0.2) is 59.7 Å². The number of hydrogen-bond acceptors (Lipinski definition) is 12. The molecule has 3 aromatic rings. The molecule has 0 spiro atoms. The van der Waals surface area contributed by atoms with Gasteiger partial charge in [0.05, 0.1) is 38.8 Å². The second-order valence-corrected chi connectivity index (χ2v) is 21.5. The van der Waals surface area contributed by atoms with Gasteiger partial charge in [-0.05, 0) is 67.2 Å². The van der Waals surface area contributed by atoms with Gasteiger partial charge in [0, 0.05) is 64.4 Å². The maximum Gasteiger partial charge on any atom is 0.247 e. The minimum absolute atomic E-state index is 0. The van der Waals surface area contributed by atoms with Gasteiger partial charge in [-0.2, -0.15) is 0 Å². The number of rotatable bonds is 19. The molecule has 3 aliphatic heterocycles. The van der Waals surface area contributed by atoms with Crippen LogP contribution in [0.1, 0.15) is 102 Å². The number of halogens is 2. The maximum atomic E-state index is 14.4. The molecule has 6 atom stereocenters. The van der Waals surface area contributed by atoms with Crippen LogP contribution in [0, 0.1) is 12.3 Å². The van der Waals surface area contributed by atoms with Gasteiger partial charge >= 0.3 is 0 Å². The highest BCUT2D eigenvalue weighted by molar-refractivity contribution is 7.13. The monoisotopic (exact) mass is 1050 g/mol. The van der Waals surface area contributed by atoms with Crippen molar-refractivity contribution in [3.8, 4) is 16.2 Å². The highest BCUT2D eigenvalue weighted by atomic mass is 35.5. The summed E-state index contributed by atoms with van der Waals surface area (Å²) < 4.78 is 6.24. The van der Waals surface area contributed by atoms with Crippen molar-refractivity contribution in [3.05, 3.63) is 81.6 Å². The van der Waals surface area contributed by atoms with Crippen molar-refractivity contribution < 1.29 is 43.4 Å². The number of fused-ring (bicyclic) bond motifs is 1. The molecule has 18 nitrogen and oxygen atoms in total. The molecule has 390 valence electrons. The second-order valence-electron chi connectivity index (χ2n) is 20.2. The molecule has 7 amide bonds. The predicted molar refractivity (Wildman–Crippen MR) is 274 cm³/mol. The van der Waals surface area contributed by atoms with E-state index < -0.39 is 65.1 Å². The molecule has 0 bridgehead atoms. The molecule has 0 radical (unpaired) electrons. The zero-order valence-corrected chi connectivity index (χ0v) is 43.8. The number of β-amino-alcohol motifs (C(OH)–C–C–N with tert-alkyl or cyclic N) is 1. The van der Waals surface area contributed by atoms with Crippen LogP contribution in [0.4, 0.5) is 0 Å². The third kappa shape index (κ3) is 12.8. The van der Waals surface area contributed by atoms with E-state index in [1.54, 1.807) is 29.5 Å². The van der Waals surface area contributed by atoms with E-state index in [0.29, 0.717) is 60.7 Å². The number of benzene rings is 2. The Morgan fingerprint density at radius 1 is 1.10 bits per heavy atom. The first-order valence-electron chi connectivity index (χ1n) is 24.3. The summed E-state index contributed by atoms with van der Waals surface area (Å²) in [5, 5.41) is 17.2. The van der Waals surface area contributed by atoms with Crippen molar-refractivity contribution in [3.63, 3.8) is 0 Å². The van der Waals surface area contributed by atoms with Crippen molar-refractivity contribution in [1.29, 1.82) is 0 Å². The third-order valence-corrected chi connectivity index (χ3v) is 15.4. The first-order chi connectivity index (χ1) is 33.7. The first kappa shape index (κ1) is 55.7. The molecule has 4 heterocycles. The molecule has 2 saturated heterocycles. The van der Waals surface area contributed by atoms with Crippen LogP contribution in [0.25, 0.3) is 10.4 Å². The minimum atomic E-state index is -1.01. The van der Waals surface area contributed by atoms with E-state index in [9.17, 15) is 38.7 Å². The number of aryl methyl sites for hydroxylation is 2. The van der Waals surface area contributed by atoms with Crippen LogP contribution in [0.2, 0.25) is 5.02 Å². The SMILES string of the molecule is CC(=O)N1CCC2=CC[C@@H](N(C=O)[C@@H](CCC(N)=O)COc3cccc(CCCC(=O)N[C@H](C(=O)N4C[C@H](O)C[C@H]4C(=O)NC4(c5ccc(-c6scnc6C)cc5)CC4)C(C)(C)C)c3Cl)N2C(=O)[C@@H](N)C1.Cl. The number of ether oxygens (including phenoxy) is 1. The van der Waals surface area contributed by atoms with Crippen molar-refractivity contribution >= 4 is 77.2 Å². The van der Waals surface area contributed by atoms with Gasteiger partial charge in [0.15, 0.2) is 0 Å².